The summed E-state index contributed by atoms with van der Waals surface area (Å²) in [6.07, 6.45) is 3.85. The maximum atomic E-state index is 13.3. The molecule has 0 aromatic rings. The van der Waals surface area contributed by atoms with Crippen molar-refractivity contribution in [1.82, 2.24) is 0 Å². The van der Waals surface area contributed by atoms with Gasteiger partial charge in [0.2, 0.25) is 0 Å². The minimum atomic E-state index is -0.712. The first-order chi connectivity index (χ1) is 24.0. The molecular formula is C40H64O12. The van der Waals surface area contributed by atoms with Gasteiger partial charge in [0.15, 0.2) is 13.2 Å². The van der Waals surface area contributed by atoms with Crippen molar-refractivity contribution in [3.8, 4) is 0 Å². The second kappa shape index (κ2) is 16.3. The summed E-state index contributed by atoms with van der Waals surface area (Å²) in [7, 11) is 0. The van der Waals surface area contributed by atoms with Crippen LogP contribution in [0.15, 0.2) is 0 Å². The number of hydrogen-bond donors (Lipinski definition) is 2. The van der Waals surface area contributed by atoms with E-state index in [2.05, 4.69) is 20.8 Å². The van der Waals surface area contributed by atoms with Crippen molar-refractivity contribution in [1.29, 1.82) is 0 Å². The number of rotatable bonds is 12. The van der Waals surface area contributed by atoms with Crippen molar-refractivity contribution in [3.05, 3.63) is 0 Å². The predicted octanol–water partition coefficient (Wildman–Crippen LogP) is 5.47. The summed E-state index contributed by atoms with van der Waals surface area (Å²) in [5.74, 6) is -2.48. The van der Waals surface area contributed by atoms with Crippen molar-refractivity contribution in [3.63, 3.8) is 0 Å². The topological polar surface area (TPSA) is 172 Å². The lowest BCUT2D eigenvalue weighted by molar-refractivity contribution is -0.217. The van der Waals surface area contributed by atoms with Crippen LogP contribution in [-0.2, 0) is 47.7 Å². The molecule has 2 N–H and O–H groups in total. The minimum Gasteiger partial charge on any atom is -0.462 e. The van der Waals surface area contributed by atoms with Crippen molar-refractivity contribution >= 4 is 29.8 Å². The lowest BCUT2D eigenvalue weighted by Gasteiger charge is -2.63. The van der Waals surface area contributed by atoms with Gasteiger partial charge < -0.3 is 33.9 Å². The highest BCUT2D eigenvalue weighted by Crippen LogP contribution is 2.68. The maximum Gasteiger partial charge on any atom is 0.344 e. The van der Waals surface area contributed by atoms with E-state index in [1.165, 1.54) is 0 Å². The number of aliphatic hydroxyl groups excluding tert-OH is 2. The van der Waals surface area contributed by atoms with Gasteiger partial charge in [-0.2, -0.15) is 0 Å². The summed E-state index contributed by atoms with van der Waals surface area (Å²) in [5.41, 5.74) is -1.98. The van der Waals surface area contributed by atoms with Crippen molar-refractivity contribution in [2.45, 2.75) is 162 Å². The van der Waals surface area contributed by atoms with Crippen LogP contribution < -0.4 is 0 Å². The van der Waals surface area contributed by atoms with Crippen LogP contribution >= 0.6 is 0 Å². The van der Waals surface area contributed by atoms with Crippen molar-refractivity contribution < 1.29 is 57.9 Å². The molecule has 12 nitrogen and oxygen atoms in total. The molecule has 0 heterocycles. The molecule has 4 aliphatic carbocycles. The second-order valence-corrected chi connectivity index (χ2v) is 18.5. The van der Waals surface area contributed by atoms with Crippen LogP contribution in [0, 0.1) is 46.3 Å². The average molecular weight is 737 g/mol. The molecule has 4 fully saturated rings. The molecule has 4 aliphatic rings. The van der Waals surface area contributed by atoms with Crippen LogP contribution in [0.4, 0.5) is 0 Å². The van der Waals surface area contributed by atoms with Gasteiger partial charge in [0.05, 0.1) is 25.0 Å². The van der Waals surface area contributed by atoms with Crippen LogP contribution in [0.3, 0.4) is 0 Å². The Hall–Kier alpha value is -2.73. The third kappa shape index (κ3) is 10.1. The van der Waals surface area contributed by atoms with E-state index < -0.39 is 78.0 Å². The molecule has 0 spiro atoms. The molecule has 296 valence electrons. The molecule has 11 atom stereocenters. The number of hydrogen-bond acceptors (Lipinski definition) is 12. The quantitative estimate of drug-likeness (QED) is 0.192. The number of fused-ring (bicyclic) bond motifs is 5. The highest BCUT2D eigenvalue weighted by atomic mass is 16.6. The fourth-order valence-corrected chi connectivity index (χ4v) is 10.4. The number of carbonyl (C=O) groups is 5. The van der Waals surface area contributed by atoms with Crippen LogP contribution in [0.25, 0.3) is 0 Å². The highest BCUT2D eigenvalue weighted by Gasteiger charge is 2.66. The van der Waals surface area contributed by atoms with E-state index in [4.69, 9.17) is 23.7 Å². The zero-order chi connectivity index (χ0) is 38.8. The molecule has 4 rings (SSSR count). The van der Waals surface area contributed by atoms with Gasteiger partial charge in [-0.15, -0.1) is 0 Å². The van der Waals surface area contributed by atoms with Crippen LogP contribution in [-0.4, -0.2) is 82.8 Å². The number of aliphatic hydroxyl groups is 2. The standard InChI is InChI=1S/C40H64O12/c1-23(10-13-31(43)48-21-34(46)51-37(2,3)4)26-11-12-27-36-28(20-30(42)40(26,27)9)39(8)17-16-25(41)18-24(39)19-29(36)50-33(45)15-14-32(44)49-22-35(47)52-38(5,6)7/h23-30,36,41-42H,10-22H2,1-9H3. The molecular weight excluding hydrogens is 672 g/mol. The first-order valence-electron chi connectivity index (χ1n) is 19.3. The minimum absolute atomic E-state index is 0.0102. The number of carbonyl (C=O) groups excluding carboxylic acids is 5. The third-order valence-corrected chi connectivity index (χ3v) is 12.7. The second-order valence-electron chi connectivity index (χ2n) is 18.5. The van der Waals surface area contributed by atoms with E-state index in [0.29, 0.717) is 32.1 Å². The average Bonchev–Trinajstić information content (AvgIpc) is 3.38. The van der Waals surface area contributed by atoms with E-state index in [9.17, 15) is 34.2 Å². The maximum absolute atomic E-state index is 13.3. The van der Waals surface area contributed by atoms with Crippen molar-refractivity contribution in [2.75, 3.05) is 13.2 Å². The summed E-state index contributed by atoms with van der Waals surface area (Å²) in [6, 6.07) is 0. The molecule has 52 heavy (non-hydrogen) atoms. The Morgan fingerprint density at radius 3 is 1.85 bits per heavy atom. The highest BCUT2D eigenvalue weighted by molar-refractivity contribution is 5.80. The summed E-state index contributed by atoms with van der Waals surface area (Å²) in [4.78, 5) is 62.3. The number of ether oxygens (including phenoxy) is 5. The molecule has 0 bridgehead atoms. The van der Waals surface area contributed by atoms with E-state index in [1.807, 2.05) is 0 Å². The zero-order valence-electron chi connectivity index (χ0n) is 32.9. The summed E-state index contributed by atoms with van der Waals surface area (Å²) in [6.45, 7) is 16.0. The Labute approximate surface area is 309 Å². The molecule has 0 aromatic carbocycles. The molecule has 4 saturated carbocycles. The first-order valence-corrected chi connectivity index (χ1v) is 19.3. The largest absolute Gasteiger partial charge is 0.462 e. The van der Waals surface area contributed by atoms with Gasteiger partial charge in [-0.3, -0.25) is 14.4 Å². The molecule has 0 aliphatic heterocycles. The van der Waals surface area contributed by atoms with Crippen LogP contribution in [0.1, 0.15) is 133 Å². The molecule has 0 radical (unpaired) electrons. The molecule has 0 saturated heterocycles. The zero-order valence-corrected chi connectivity index (χ0v) is 32.9. The summed E-state index contributed by atoms with van der Waals surface area (Å²) in [5, 5.41) is 22.7. The Morgan fingerprint density at radius 1 is 0.712 bits per heavy atom. The predicted molar refractivity (Wildman–Crippen MR) is 189 cm³/mol. The lowest BCUT2D eigenvalue weighted by atomic mass is 9.43. The van der Waals surface area contributed by atoms with Gasteiger partial charge in [-0.1, -0.05) is 20.8 Å². The Kier molecular flexibility index (Phi) is 13.2. The smallest absolute Gasteiger partial charge is 0.344 e. The summed E-state index contributed by atoms with van der Waals surface area (Å²) >= 11 is 0. The summed E-state index contributed by atoms with van der Waals surface area (Å²) < 4.78 is 26.9. The third-order valence-electron chi connectivity index (χ3n) is 12.7. The van der Waals surface area contributed by atoms with Gasteiger partial charge in [-0.25, -0.2) is 9.59 Å². The molecule has 11 unspecified atom stereocenters. The van der Waals surface area contributed by atoms with Gasteiger partial charge in [0.1, 0.15) is 17.3 Å². The molecule has 0 aromatic heterocycles. The molecule has 12 heteroatoms. The Balaban J connectivity index is 1.43. The Bertz CT molecular complexity index is 1310. The van der Waals surface area contributed by atoms with Crippen LogP contribution in [0.5, 0.6) is 0 Å². The van der Waals surface area contributed by atoms with E-state index in [-0.39, 0.29) is 60.2 Å². The fraction of sp³-hybridized carbons (Fsp3) is 0.875. The molecule has 0 amide bonds. The SMILES string of the molecule is CC(CCC(=O)OCC(=O)OC(C)(C)C)C1CCC2C3C(OC(=O)CCC(=O)OCC(=O)OC(C)(C)C)CC4CC(O)CCC4(C)C3CC(O)C12C. The van der Waals surface area contributed by atoms with E-state index in [1.54, 1.807) is 41.5 Å². The lowest BCUT2D eigenvalue weighted by Crippen LogP contribution is -2.63. The van der Waals surface area contributed by atoms with E-state index >= 15 is 0 Å². The van der Waals surface area contributed by atoms with Gasteiger partial charge >= 0.3 is 29.8 Å². The fourth-order valence-electron chi connectivity index (χ4n) is 10.4. The van der Waals surface area contributed by atoms with Gasteiger partial charge in [-0.05, 0) is 133 Å². The first kappa shape index (κ1) is 42.0. The normalized spacial score (nSPS) is 34.8. The monoisotopic (exact) mass is 736 g/mol. The van der Waals surface area contributed by atoms with Crippen LogP contribution in [0.2, 0.25) is 0 Å². The van der Waals surface area contributed by atoms with Gasteiger partial charge in [0, 0.05) is 12.3 Å². The van der Waals surface area contributed by atoms with Crippen molar-refractivity contribution in [2.24, 2.45) is 46.3 Å². The Morgan fingerprint density at radius 2 is 1.27 bits per heavy atom. The van der Waals surface area contributed by atoms with Gasteiger partial charge in [0.25, 0.3) is 0 Å². The number of esters is 5. The van der Waals surface area contributed by atoms with E-state index in [0.717, 1.165) is 19.3 Å².